The highest BCUT2D eigenvalue weighted by atomic mass is 16.5. The minimum Gasteiger partial charge on any atom is -0.489 e. The van der Waals surface area contributed by atoms with Crippen LogP contribution >= 0.6 is 0 Å². The second-order valence-electron chi connectivity index (χ2n) is 4.71. The molecule has 2 nitrogen and oxygen atoms in total. The Labute approximate surface area is 115 Å². The lowest BCUT2D eigenvalue weighted by Crippen LogP contribution is -2.11. The van der Waals surface area contributed by atoms with Gasteiger partial charge in [-0.1, -0.05) is 61.9 Å². The fourth-order valence-electron chi connectivity index (χ4n) is 2.12. The van der Waals surface area contributed by atoms with Crippen LogP contribution in [0.5, 0.6) is 5.75 Å². The van der Waals surface area contributed by atoms with E-state index in [0.717, 1.165) is 24.2 Å². The van der Waals surface area contributed by atoms with E-state index in [2.05, 4.69) is 25.1 Å². The molecule has 2 aromatic rings. The molecule has 0 radical (unpaired) electrons. The maximum atomic E-state index is 6.20. The zero-order chi connectivity index (χ0) is 13.5. The summed E-state index contributed by atoms with van der Waals surface area (Å²) in [7, 11) is 0. The molecule has 100 valence electrons. The number of para-hydroxylation sites is 1. The van der Waals surface area contributed by atoms with Gasteiger partial charge in [0.2, 0.25) is 0 Å². The maximum absolute atomic E-state index is 6.20. The largest absolute Gasteiger partial charge is 0.489 e. The van der Waals surface area contributed by atoms with Crippen molar-refractivity contribution in [1.82, 2.24) is 0 Å². The quantitative estimate of drug-likeness (QED) is 0.844. The summed E-state index contributed by atoms with van der Waals surface area (Å²) in [5.74, 6) is 0.896. The standard InChI is InChI=1S/C17H21NO/c1-2-8-16(18)15-11-6-7-12-17(15)19-13-14-9-4-3-5-10-14/h3-7,9-12,16H,2,8,13,18H2,1H3/t16-/m1/s1. The predicted molar refractivity (Wildman–Crippen MR) is 79.1 cm³/mol. The summed E-state index contributed by atoms with van der Waals surface area (Å²) in [6.07, 6.45) is 2.06. The van der Waals surface area contributed by atoms with Crippen molar-refractivity contribution in [1.29, 1.82) is 0 Å². The zero-order valence-electron chi connectivity index (χ0n) is 11.4. The molecular formula is C17H21NO. The molecule has 0 saturated heterocycles. The number of rotatable bonds is 6. The molecule has 0 heterocycles. The lowest BCUT2D eigenvalue weighted by atomic mass is 10.0. The van der Waals surface area contributed by atoms with Crippen LogP contribution in [-0.4, -0.2) is 0 Å². The van der Waals surface area contributed by atoms with Gasteiger partial charge in [-0.2, -0.15) is 0 Å². The molecular weight excluding hydrogens is 234 g/mol. The molecule has 19 heavy (non-hydrogen) atoms. The van der Waals surface area contributed by atoms with Crippen LogP contribution < -0.4 is 10.5 Å². The number of nitrogens with two attached hydrogens (primary N) is 1. The third-order valence-electron chi connectivity index (χ3n) is 3.16. The second kappa shape index (κ2) is 6.95. The van der Waals surface area contributed by atoms with E-state index in [9.17, 15) is 0 Å². The molecule has 2 aromatic carbocycles. The highest BCUT2D eigenvalue weighted by Gasteiger charge is 2.10. The lowest BCUT2D eigenvalue weighted by molar-refractivity contribution is 0.300. The average molecular weight is 255 g/mol. The third kappa shape index (κ3) is 3.83. The van der Waals surface area contributed by atoms with E-state index in [1.807, 2.05) is 36.4 Å². The normalized spacial score (nSPS) is 12.1. The molecule has 0 aromatic heterocycles. The molecule has 2 heteroatoms. The average Bonchev–Trinajstić information content (AvgIpc) is 2.47. The molecule has 0 aliphatic carbocycles. The minimum atomic E-state index is 0.0528. The maximum Gasteiger partial charge on any atom is 0.124 e. The van der Waals surface area contributed by atoms with Gasteiger partial charge in [-0.15, -0.1) is 0 Å². The van der Waals surface area contributed by atoms with E-state index < -0.39 is 0 Å². The number of hydrogen-bond acceptors (Lipinski definition) is 2. The van der Waals surface area contributed by atoms with Crippen LogP contribution in [0.4, 0.5) is 0 Å². The Bertz CT molecular complexity index is 496. The SMILES string of the molecule is CCC[C@@H](N)c1ccccc1OCc1ccccc1. The van der Waals surface area contributed by atoms with Gasteiger partial charge in [-0.25, -0.2) is 0 Å². The summed E-state index contributed by atoms with van der Waals surface area (Å²) < 4.78 is 5.91. The van der Waals surface area contributed by atoms with Crippen molar-refractivity contribution < 1.29 is 4.74 Å². The van der Waals surface area contributed by atoms with Crippen LogP contribution in [0, 0.1) is 0 Å². The first-order valence-electron chi connectivity index (χ1n) is 6.82. The van der Waals surface area contributed by atoms with Crippen LogP contribution in [0.1, 0.15) is 36.9 Å². The smallest absolute Gasteiger partial charge is 0.124 e. The summed E-state index contributed by atoms with van der Waals surface area (Å²) in [5, 5.41) is 0. The van der Waals surface area contributed by atoms with Crippen LogP contribution in [0.15, 0.2) is 54.6 Å². The Morgan fingerprint density at radius 2 is 1.68 bits per heavy atom. The van der Waals surface area contributed by atoms with Crippen LogP contribution in [0.3, 0.4) is 0 Å². The summed E-state index contributed by atoms with van der Waals surface area (Å²) in [4.78, 5) is 0. The molecule has 0 amide bonds. The van der Waals surface area contributed by atoms with Crippen molar-refractivity contribution in [3.8, 4) is 5.75 Å². The summed E-state index contributed by atoms with van der Waals surface area (Å²) in [6, 6.07) is 18.3. The number of benzene rings is 2. The van der Waals surface area contributed by atoms with Gasteiger partial charge in [0.25, 0.3) is 0 Å². The Hall–Kier alpha value is -1.80. The van der Waals surface area contributed by atoms with Gasteiger partial charge in [0.05, 0.1) is 0 Å². The van der Waals surface area contributed by atoms with Crippen LogP contribution in [0.25, 0.3) is 0 Å². The molecule has 0 fully saturated rings. The molecule has 0 aliphatic rings. The van der Waals surface area contributed by atoms with E-state index in [0.29, 0.717) is 6.61 Å². The predicted octanol–water partition coefficient (Wildman–Crippen LogP) is 4.07. The molecule has 0 bridgehead atoms. The Kier molecular flexibility index (Phi) is 4.99. The first kappa shape index (κ1) is 13.6. The monoisotopic (exact) mass is 255 g/mol. The van der Waals surface area contributed by atoms with E-state index in [4.69, 9.17) is 10.5 Å². The third-order valence-corrected chi connectivity index (χ3v) is 3.16. The van der Waals surface area contributed by atoms with Gasteiger partial charge in [0, 0.05) is 11.6 Å². The highest BCUT2D eigenvalue weighted by molar-refractivity contribution is 5.36. The van der Waals surface area contributed by atoms with Crippen molar-refractivity contribution in [2.45, 2.75) is 32.4 Å². The fourth-order valence-corrected chi connectivity index (χ4v) is 2.12. The first-order valence-corrected chi connectivity index (χ1v) is 6.82. The van der Waals surface area contributed by atoms with Gasteiger partial charge in [-0.3, -0.25) is 0 Å². The lowest BCUT2D eigenvalue weighted by Gasteiger charge is -2.16. The van der Waals surface area contributed by atoms with Crippen molar-refractivity contribution in [2.24, 2.45) is 5.73 Å². The summed E-state index contributed by atoms with van der Waals surface area (Å²) >= 11 is 0. The van der Waals surface area contributed by atoms with E-state index in [1.165, 1.54) is 5.56 Å². The van der Waals surface area contributed by atoms with E-state index in [-0.39, 0.29) is 6.04 Å². The zero-order valence-corrected chi connectivity index (χ0v) is 11.4. The minimum absolute atomic E-state index is 0.0528. The first-order chi connectivity index (χ1) is 9.31. The number of ether oxygens (including phenoxy) is 1. The molecule has 2 rings (SSSR count). The molecule has 0 aliphatic heterocycles. The van der Waals surface area contributed by atoms with Gasteiger partial charge < -0.3 is 10.5 Å². The Morgan fingerprint density at radius 1 is 1.00 bits per heavy atom. The van der Waals surface area contributed by atoms with Crippen molar-refractivity contribution in [2.75, 3.05) is 0 Å². The van der Waals surface area contributed by atoms with Gasteiger partial charge in [-0.05, 0) is 18.1 Å². The molecule has 0 spiro atoms. The number of hydrogen-bond donors (Lipinski definition) is 1. The topological polar surface area (TPSA) is 35.2 Å². The second-order valence-corrected chi connectivity index (χ2v) is 4.71. The van der Waals surface area contributed by atoms with E-state index in [1.54, 1.807) is 0 Å². The molecule has 0 saturated carbocycles. The molecule has 0 unspecified atom stereocenters. The summed E-state index contributed by atoms with van der Waals surface area (Å²) in [5.41, 5.74) is 8.46. The van der Waals surface area contributed by atoms with Crippen LogP contribution in [-0.2, 0) is 6.61 Å². The van der Waals surface area contributed by atoms with E-state index >= 15 is 0 Å². The Morgan fingerprint density at radius 3 is 2.42 bits per heavy atom. The van der Waals surface area contributed by atoms with Crippen molar-refractivity contribution in [3.05, 3.63) is 65.7 Å². The van der Waals surface area contributed by atoms with Gasteiger partial charge >= 0.3 is 0 Å². The van der Waals surface area contributed by atoms with Crippen molar-refractivity contribution in [3.63, 3.8) is 0 Å². The molecule has 2 N–H and O–H groups in total. The van der Waals surface area contributed by atoms with Crippen molar-refractivity contribution >= 4 is 0 Å². The molecule has 1 atom stereocenters. The Balaban J connectivity index is 2.07. The fraction of sp³-hybridized carbons (Fsp3) is 0.294. The van der Waals surface area contributed by atoms with Gasteiger partial charge in [0.1, 0.15) is 12.4 Å². The van der Waals surface area contributed by atoms with Gasteiger partial charge in [0.15, 0.2) is 0 Å². The highest BCUT2D eigenvalue weighted by Crippen LogP contribution is 2.26. The summed E-state index contributed by atoms with van der Waals surface area (Å²) in [6.45, 7) is 2.73. The van der Waals surface area contributed by atoms with Crippen LogP contribution in [0.2, 0.25) is 0 Å².